The zero-order valence-corrected chi connectivity index (χ0v) is 19.5. The van der Waals surface area contributed by atoms with Crippen molar-refractivity contribution >= 4 is 11.3 Å². The Balaban J connectivity index is 1.65. The highest BCUT2D eigenvalue weighted by atomic mass is 32.1. The van der Waals surface area contributed by atoms with Gasteiger partial charge in [-0.2, -0.15) is 0 Å². The smallest absolute Gasteiger partial charge is 0.125 e. The second kappa shape index (κ2) is 10.3. The van der Waals surface area contributed by atoms with Gasteiger partial charge in [-0.15, -0.1) is 11.3 Å². The van der Waals surface area contributed by atoms with Crippen LogP contribution in [0.3, 0.4) is 0 Å². The molecule has 0 bridgehead atoms. The van der Waals surface area contributed by atoms with Crippen molar-refractivity contribution in [1.82, 2.24) is 0 Å². The SMILES string of the molecule is CCOc1cc(C)c(Cc2ccc(-c3ccc(F)cc3)s2)cc1[C@@H]1O[C@H](CO)C[C@H](O)[C@@H]1O. The zero-order valence-electron chi connectivity index (χ0n) is 18.7. The van der Waals surface area contributed by atoms with Crippen LogP contribution in [-0.4, -0.2) is 46.8 Å². The number of thiophene rings is 1. The van der Waals surface area contributed by atoms with Gasteiger partial charge in [0, 0.05) is 28.2 Å². The summed E-state index contributed by atoms with van der Waals surface area (Å²) >= 11 is 1.65. The topological polar surface area (TPSA) is 79.2 Å². The molecule has 1 saturated heterocycles. The molecule has 1 aliphatic heterocycles. The van der Waals surface area contributed by atoms with Crippen LogP contribution >= 0.6 is 11.3 Å². The van der Waals surface area contributed by atoms with Crippen molar-refractivity contribution in [2.24, 2.45) is 0 Å². The van der Waals surface area contributed by atoms with E-state index in [9.17, 15) is 19.7 Å². The quantitative estimate of drug-likeness (QED) is 0.475. The van der Waals surface area contributed by atoms with Gasteiger partial charge in [0.1, 0.15) is 23.8 Å². The summed E-state index contributed by atoms with van der Waals surface area (Å²) in [6.07, 6.45) is -2.61. The van der Waals surface area contributed by atoms with Crippen molar-refractivity contribution in [3.63, 3.8) is 0 Å². The van der Waals surface area contributed by atoms with Crippen LogP contribution in [0.25, 0.3) is 10.4 Å². The number of aliphatic hydroxyl groups is 3. The molecule has 1 aliphatic rings. The van der Waals surface area contributed by atoms with Crippen molar-refractivity contribution in [3.05, 3.63) is 75.9 Å². The van der Waals surface area contributed by atoms with E-state index in [1.807, 2.05) is 32.0 Å². The minimum absolute atomic E-state index is 0.179. The van der Waals surface area contributed by atoms with Crippen molar-refractivity contribution in [1.29, 1.82) is 0 Å². The molecule has 0 radical (unpaired) electrons. The number of aryl methyl sites for hydroxylation is 1. The van der Waals surface area contributed by atoms with Crippen LogP contribution in [0, 0.1) is 12.7 Å². The molecule has 7 heteroatoms. The Kier molecular flexibility index (Phi) is 7.46. The Morgan fingerprint density at radius 3 is 2.58 bits per heavy atom. The summed E-state index contributed by atoms with van der Waals surface area (Å²) in [5, 5.41) is 30.5. The molecule has 1 fully saturated rings. The third-order valence-electron chi connectivity index (χ3n) is 5.98. The second-order valence-electron chi connectivity index (χ2n) is 8.35. The lowest BCUT2D eigenvalue weighted by Crippen LogP contribution is -2.44. The molecule has 4 atom stereocenters. The Bertz CT molecular complexity index is 1080. The fourth-order valence-electron chi connectivity index (χ4n) is 4.20. The van der Waals surface area contributed by atoms with E-state index in [4.69, 9.17) is 9.47 Å². The highest BCUT2D eigenvalue weighted by molar-refractivity contribution is 7.15. The van der Waals surface area contributed by atoms with Gasteiger partial charge >= 0.3 is 0 Å². The number of aliphatic hydroxyl groups excluding tert-OH is 3. The highest BCUT2D eigenvalue weighted by Crippen LogP contribution is 2.39. The first-order valence-corrected chi connectivity index (χ1v) is 11.9. The maximum atomic E-state index is 13.3. The normalized spacial score (nSPS) is 23.0. The molecule has 3 aromatic rings. The molecule has 2 heterocycles. The second-order valence-corrected chi connectivity index (χ2v) is 9.52. The number of halogens is 1. The lowest BCUT2D eigenvalue weighted by atomic mass is 9.90. The van der Waals surface area contributed by atoms with E-state index < -0.39 is 24.4 Å². The van der Waals surface area contributed by atoms with Crippen LogP contribution in [0.4, 0.5) is 4.39 Å². The van der Waals surface area contributed by atoms with Crippen LogP contribution < -0.4 is 4.74 Å². The average molecular weight is 473 g/mol. The minimum Gasteiger partial charge on any atom is -0.493 e. The van der Waals surface area contributed by atoms with Gasteiger partial charge in [-0.25, -0.2) is 4.39 Å². The Morgan fingerprint density at radius 2 is 1.88 bits per heavy atom. The van der Waals surface area contributed by atoms with Crippen molar-refractivity contribution in [3.8, 4) is 16.2 Å². The fraction of sp³-hybridized carbons (Fsp3) is 0.385. The average Bonchev–Trinajstić information content (AvgIpc) is 3.26. The zero-order chi connectivity index (χ0) is 23.5. The van der Waals surface area contributed by atoms with Gasteiger partial charge in [0.25, 0.3) is 0 Å². The molecule has 0 spiro atoms. The van der Waals surface area contributed by atoms with Crippen LogP contribution in [-0.2, 0) is 11.2 Å². The van der Waals surface area contributed by atoms with E-state index in [2.05, 4.69) is 6.07 Å². The standard InChI is InChI=1S/C26H29FO5S/c1-3-31-23-10-15(2)17(12-21(23)26-25(30)22(29)13-19(14-28)32-26)11-20-8-9-24(33-20)16-4-6-18(27)7-5-16/h4-10,12,19,22,25-26,28-30H,3,11,13-14H2,1-2H3/t19-,22-,25-,26-/m0/s1. The Morgan fingerprint density at radius 1 is 1.12 bits per heavy atom. The largest absolute Gasteiger partial charge is 0.493 e. The fourth-order valence-corrected chi connectivity index (χ4v) is 5.23. The van der Waals surface area contributed by atoms with Crippen molar-refractivity contribution in [2.45, 2.75) is 51.1 Å². The van der Waals surface area contributed by atoms with Gasteiger partial charge in [0.15, 0.2) is 0 Å². The summed E-state index contributed by atoms with van der Waals surface area (Å²) in [6.45, 7) is 4.12. The number of rotatable bonds is 7. The van der Waals surface area contributed by atoms with E-state index in [1.54, 1.807) is 23.5 Å². The first kappa shape index (κ1) is 23.9. The summed E-state index contributed by atoms with van der Waals surface area (Å²) in [4.78, 5) is 2.21. The van der Waals surface area contributed by atoms with Crippen LogP contribution in [0.5, 0.6) is 5.75 Å². The first-order valence-electron chi connectivity index (χ1n) is 11.1. The molecule has 1 aromatic heterocycles. The predicted octanol–water partition coefficient (Wildman–Crippen LogP) is 4.40. The molecule has 0 aliphatic carbocycles. The van der Waals surface area contributed by atoms with Gasteiger partial charge < -0.3 is 24.8 Å². The number of ether oxygens (including phenoxy) is 2. The molecule has 2 aromatic carbocycles. The van der Waals surface area contributed by atoms with Gasteiger partial charge in [0.05, 0.1) is 25.4 Å². The Hall–Kier alpha value is -2.29. The third-order valence-corrected chi connectivity index (χ3v) is 7.12. The van der Waals surface area contributed by atoms with E-state index in [-0.39, 0.29) is 18.8 Å². The van der Waals surface area contributed by atoms with E-state index in [0.29, 0.717) is 24.3 Å². The molecule has 0 unspecified atom stereocenters. The monoisotopic (exact) mass is 472 g/mol. The maximum Gasteiger partial charge on any atom is 0.125 e. The summed E-state index contributed by atoms with van der Waals surface area (Å²) in [7, 11) is 0. The predicted molar refractivity (Wildman–Crippen MR) is 126 cm³/mol. The van der Waals surface area contributed by atoms with Gasteiger partial charge in [-0.05, 0) is 66.9 Å². The summed E-state index contributed by atoms with van der Waals surface area (Å²) in [5.74, 6) is 0.348. The van der Waals surface area contributed by atoms with Crippen molar-refractivity contribution in [2.75, 3.05) is 13.2 Å². The third kappa shape index (κ3) is 5.28. The maximum absolute atomic E-state index is 13.3. The summed E-state index contributed by atoms with van der Waals surface area (Å²) in [6, 6.07) is 14.5. The highest BCUT2D eigenvalue weighted by Gasteiger charge is 2.39. The molecular formula is C26H29FO5S. The van der Waals surface area contributed by atoms with E-state index >= 15 is 0 Å². The molecule has 33 heavy (non-hydrogen) atoms. The molecule has 5 nitrogen and oxygen atoms in total. The molecule has 3 N–H and O–H groups in total. The lowest BCUT2D eigenvalue weighted by Gasteiger charge is -2.37. The Labute approximate surface area is 197 Å². The first-order chi connectivity index (χ1) is 15.9. The lowest BCUT2D eigenvalue weighted by molar-refractivity contribution is -0.180. The molecule has 176 valence electrons. The van der Waals surface area contributed by atoms with Crippen LogP contribution in [0.1, 0.15) is 41.0 Å². The van der Waals surface area contributed by atoms with Gasteiger partial charge in [-0.1, -0.05) is 12.1 Å². The summed E-state index contributed by atoms with van der Waals surface area (Å²) < 4.78 is 25.0. The van der Waals surface area contributed by atoms with Gasteiger partial charge in [0.2, 0.25) is 0 Å². The number of benzene rings is 2. The number of hydrogen-bond acceptors (Lipinski definition) is 6. The van der Waals surface area contributed by atoms with E-state index in [0.717, 1.165) is 26.4 Å². The molecule has 0 amide bonds. The minimum atomic E-state index is -1.12. The molecule has 4 rings (SSSR count). The molecule has 0 saturated carbocycles. The van der Waals surface area contributed by atoms with Crippen molar-refractivity contribution < 1.29 is 29.2 Å². The summed E-state index contributed by atoms with van der Waals surface area (Å²) in [5.41, 5.74) is 3.73. The van der Waals surface area contributed by atoms with Gasteiger partial charge in [-0.3, -0.25) is 0 Å². The van der Waals surface area contributed by atoms with Crippen LogP contribution in [0.2, 0.25) is 0 Å². The molecular weight excluding hydrogens is 443 g/mol. The van der Waals surface area contributed by atoms with E-state index in [1.165, 1.54) is 12.1 Å². The van der Waals surface area contributed by atoms with Crippen LogP contribution in [0.15, 0.2) is 48.5 Å². The number of hydrogen-bond donors (Lipinski definition) is 3.